The van der Waals surface area contributed by atoms with E-state index < -0.39 is 0 Å². The largest absolute Gasteiger partial charge is 0.359 e. The number of nitrogens with two attached hydrogens (primary N) is 1. The van der Waals surface area contributed by atoms with Crippen LogP contribution in [0.3, 0.4) is 0 Å². The fraction of sp³-hybridized carbons (Fsp3) is 0.400. The van der Waals surface area contributed by atoms with Crippen LogP contribution < -0.4 is 5.73 Å². The van der Waals surface area contributed by atoms with Gasteiger partial charge in [0.15, 0.2) is 5.76 Å². The second-order valence-corrected chi connectivity index (χ2v) is 5.18. The van der Waals surface area contributed by atoms with Crippen LogP contribution in [0.1, 0.15) is 18.6 Å². The van der Waals surface area contributed by atoms with E-state index in [9.17, 15) is 0 Å². The Hall–Kier alpha value is -1.36. The van der Waals surface area contributed by atoms with Gasteiger partial charge in [-0.1, -0.05) is 35.5 Å². The molecule has 2 aromatic rings. The number of hydrogen-bond donors (Lipinski definition) is 1. The molecule has 0 spiro atoms. The Bertz CT molecular complexity index is 529. The zero-order chi connectivity index (χ0) is 13.1. The second kappa shape index (κ2) is 6.88. The molecule has 0 unspecified atom stereocenters. The van der Waals surface area contributed by atoms with Gasteiger partial charge in [0, 0.05) is 24.2 Å². The third-order valence-electron chi connectivity index (χ3n) is 3.55. The molecule has 1 fully saturated rings. The lowest BCUT2D eigenvalue weighted by atomic mass is 10.1. The molecule has 108 valence electrons. The van der Waals surface area contributed by atoms with Crippen LogP contribution in [0.2, 0.25) is 0 Å². The third kappa shape index (κ3) is 3.60. The highest BCUT2D eigenvalue weighted by molar-refractivity contribution is 5.85. The van der Waals surface area contributed by atoms with Gasteiger partial charge in [-0.25, -0.2) is 0 Å². The van der Waals surface area contributed by atoms with Crippen molar-refractivity contribution < 1.29 is 4.52 Å². The molecule has 1 atom stereocenters. The van der Waals surface area contributed by atoms with Crippen molar-refractivity contribution in [2.24, 2.45) is 5.73 Å². The summed E-state index contributed by atoms with van der Waals surface area (Å²) in [6, 6.07) is 12.4. The van der Waals surface area contributed by atoms with Crippen molar-refractivity contribution in [2.45, 2.75) is 25.4 Å². The van der Waals surface area contributed by atoms with E-state index in [4.69, 9.17) is 10.3 Å². The average molecular weight is 294 g/mol. The molecule has 4 nitrogen and oxygen atoms in total. The van der Waals surface area contributed by atoms with Crippen LogP contribution in [-0.4, -0.2) is 29.2 Å². The Balaban J connectivity index is 0.00000147. The Morgan fingerprint density at radius 2 is 2.10 bits per heavy atom. The molecular formula is C15H20ClN3O. The van der Waals surface area contributed by atoms with Crippen molar-refractivity contribution in [1.29, 1.82) is 0 Å². The first-order chi connectivity index (χ1) is 9.31. The van der Waals surface area contributed by atoms with Gasteiger partial charge in [-0.05, 0) is 19.4 Å². The van der Waals surface area contributed by atoms with Crippen molar-refractivity contribution in [3.8, 4) is 11.3 Å². The monoisotopic (exact) mass is 293 g/mol. The van der Waals surface area contributed by atoms with E-state index in [1.54, 1.807) is 0 Å². The molecule has 0 amide bonds. The van der Waals surface area contributed by atoms with Gasteiger partial charge in [0.1, 0.15) is 5.69 Å². The SMILES string of the molecule is Cl.N[C@@H]1CCCN(Cc2cc(-c3ccccc3)no2)C1. The van der Waals surface area contributed by atoms with Crippen LogP contribution in [-0.2, 0) is 6.54 Å². The molecule has 0 saturated carbocycles. The first kappa shape index (κ1) is 15.0. The number of piperidine rings is 1. The Morgan fingerprint density at radius 1 is 1.30 bits per heavy atom. The second-order valence-electron chi connectivity index (χ2n) is 5.18. The molecule has 1 aliphatic heterocycles. The first-order valence-corrected chi connectivity index (χ1v) is 6.80. The number of likely N-dealkylation sites (tertiary alicyclic amines) is 1. The minimum atomic E-state index is 0. The smallest absolute Gasteiger partial charge is 0.151 e. The molecule has 1 aliphatic rings. The van der Waals surface area contributed by atoms with E-state index in [2.05, 4.69) is 10.1 Å². The molecule has 5 heteroatoms. The van der Waals surface area contributed by atoms with Crippen molar-refractivity contribution in [2.75, 3.05) is 13.1 Å². The summed E-state index contributed by atoms with van der Waals surface area (Å²) in [7, 11) is 0. The van der Waals surface area contributed by atoms with Crippen molar-refractivity contribution in [3.63, 3.8) is 0 Å². The van der Waals surface area contributed by atoms with Crippen LogP contribution in [0, 0.1) is 0 Å². The predicted octanol–water partition coefficient (Wildman–Crippen LogP) is 2.69. The summed E-state index contributed by atoms with van der Waals surface area (Å²) < 4.78 is 5.42. The highest BCUT2D eigenvalue weighted by atomic mass is 35.5. The van der Waals surface area contributed by atoms with E-state index in [0.29, 0.717) is 6.04 Å². The van der Waals surface area contributed by atoms with Crippen LogP contribution in [0.5, 0.6) is 0 Å². The summed E-state index contributed by atoms with van der Waals surface area (Å²) in [5.74, 6) is 0.910. The zero-order valence-electron chi connectivity index (χ0n) is 11.4. The lowest BCUT2D eigenvalue weighted by Crippen LogP contribution is -2.42. The van der Waals surface area contributed by atoms with Crippen LogP contribution >= 0.6 is 12.4 Å². The minimum absolute atomic E-state index is 0. The number of aromatic nitrogens is 1. The Morgan fingerprint density at radius 3 is 2.85 bits per heavy atom. The van der Waals surface area contributed by atoms with E-state index in [1.165, 1.54) is 6.42 Å². The van der Waals surface area contributed by atoms with Gasteiger partial charge in [0.2, 0.25) is 0 Å². The van der Waals surface area contributed by atoms with Crippen LogP contribution in [0.4, 0.5) is 0 Å². The number of benzene rings is 1. The molecule has 1 aromatic heterocycles. The predicted molar refractivity (Wildman–Crippen MR) is 81.7 cm³/mol. The van der Waals surface area contributed by atoms with Gasteiger partial charge in [-0.3, -0.25) is 4.90 Å². The summed E-state index contributed by atoms with van der Waals surface area (Å²) >= 11 is 0. The average Bonchev–Trinajstić information content (AvgIpc) is 2.88. The quantitative estimate of drug-likeness (QED) is 0.945. The standard InChI is InChI=1S/C15H19N3O.ClH/c16-13-7-4-8-18(10-13)11-14-9-15(17-19-14)12-5-2-1-3-6-12;/h1-3,5-6,9,13H,4,7-8,10-11,16H2;1H/t13-;/m1./s1. The molecular weight excluding hydrogens is 274 g/mol. The highest BCUT2D eigenvalue weighted by Gasteiger charge is 2.18. The topological polar surface area (TPSA) is 55.3 Å². The van der Waals surface area contributed by atoms with Crippen LogP contribution in [0.25, 0.3) is 11.3 Å². The van der Waals surface area contributed by atoms with Crippen molar-refractivity contribution in [1.82, 2.24) is 10.1 Å². The first-order valence-electron chi connectivity index (χ1n) is 6.80. The molecule has 2 heterocycles. The maximum absolute atomic E-state index is 5.99. The molecule has 0 bridgehead atoms. The van der Waals surface area contributed by atoms with Crippen molar-refractivity contribution >= 4 is 12.4 Å². The highest BCUT2D eigenvalue weighted by Crippen LogP contribution is 2.20. The summed E-state index contributed by atoms with van der Waals surface area (Å²) in [5.41, 5.74) is 7.98. The molecule has 3 rings (SSSR count). The maximum Gasteiger partial charge on any atom is 0.151 e. The summed E-state index contributed by atoms with van der Waals surface area (Å²) in [4.78, 5) is 2.34. The lowest BCUT2D eigenvalue weighted by Gasteiger charge is -2.29. The Kier molecular flexibility index (Phi) is 5.17. The molecule has 1 saturated heterocycles. The molecule has 0 aliphatic carbocycles. The summed E-state index contributed by atoms with van der Waals surface area (Å²) in [5, 5.41) is 4.14. The van der Waals surface area contributed by atoms with Gasteiger partial charge in [-0.15, -0.1) is 12.4 Å². The van der Waals surface area contributed by atoms with E-state index in [-0.39, 0.29) is 12.4 Å². The fourth-order valence-electron chi connectivity index (χ4n) is 2.59. The molecule has 1 aromatic carbocycles. The van der Waals surface area contributed by atoms with E-state index in [1.807, 2.05) is 36.4 Å². The summed E-state index contributed by atoms with van der Waals surface area (Å²) in [6.45, 7) is 2.84. The zero-order valence-corrected chi connectivity index (χ0v) is 12.2. The lowest BCUT2D eigenvalue weighted by molar-refractivity contribution is 0.181. The van der Waals surface area contributed by atoms with Crippen molar-refractivity contribution in [3.05, 3.63) is 42.2 Å². The number of rotatable bonds is 3. The van der Waals surface area contributed by atoms with Gasteiger partial charge >= 0.3 is 0 Å². The van der Waals surface area contributed by atoms with Gasteiger partial charge in [0.25, 0.3) is 0 Å². The van der Waals surface area contributed by atoms with Gasteiger partial charge in [0.05, 0.1) is 6.54 Å². The minimum Gasteiger partial charge on any atom is -0.359 e. The fourth-order valence-corrected chi connectivity index (χ4v) is 2.59. The van der Waals surface area contributed by atoms with Crippen LogP contribution in [0.15, 0.2) is 40.9 Å². The summed E-state index contributed by atoms with van der Waals surface area (Å²) in [6.07, 6.45) is 2.29. The Labute approximate surface area is 125 Å². The van der Waals surface area contributed by atoms with Gasteiger partial charge < -0.3 is 10.3 Å². The maximum atomic E-state index is 5.99. The third-order valence-corrected chi connectivity index (χ3v) is 3.55. The molecule has 20 heavy (non-hydrogen) atoms. The molecule has 0 radical (unpaired) electrons. The number of nitrogens with zero attached hydrogens (tertiary/aromatic N) is 2. The number of halogens is 1. The molecule has 2 N–H and O–H groups in total. The van der Waals surface area contributed by atoms with E-state index in [0.717, 1.165) is 43.1 Å². The normalized spacial score (nSPS) is 19.6. The van der Waals surface area contributed by atoms with E-state index >= 15 is 0 Å². The van der Waals surface area contributed by atoms with Gasteiger partial charge in [-0.2, -0.15) is 0 Å². The number of hydrogen-bond acceptors (Lipinski definition) is 4.